The van der Waals surface area contributed by atoms with Crippen LogP contribution in [-0.4, -0.2) is 123 Å². The first-order valence-corrected chi connectivity index (χ1v) is 12.6. The number of hydrogen-bond donors (Lipinski definition) is 5. The smallest absolute Gasteiger partial charge is 0.229 e. The zero-order chi connectivity index (χ0) is 23.8. The van der Waals surface area contributed by atoms with Gasteiger partial charge in [0, 0.05) is 64.2 Å². The van der Waals surface area contributed by atoms with Gasteiger partial charge < -0.3 is 21.1 Å². The van der Waals surface area contributed by atoms with Gasteiger partial charge in [0.2, 0.25) is 5.91 Å². The van der Waals surface area contributed by atoms with E-state index < -0.39 is 18.3 Å². The van der Waals surface area contributed by atoms with Gasteiger partial charge in [0.15, 0.2) is 0 Å². The number of nitrogens with one attached hydrogen (secondary N) is 4. The Morgan fingerprint density at radius 1 is 1.21 bits per heavy atom. The molecular formula is C22H38FN9O2. The maximum absolute atomic E-state index is 15.2. The Bertz CT molecular complexity index is 772. The van der Waals surface area contributed by atoms with Crippen LogP contribution in [-0.2, 0) is 9.53 Å². The molecule has 0 aromatic heterocycles. The molecule has 8 atom stereocenters. The van der Waals surface area contributed by atoms with E-state index in [1.165, 1.54) is 0 Å². The Morgan fingerprint density at radius 3 is 2.62 bits per heavy atom. The monoisotopic (exact) mass is 479 g/mol. The standard InChI is InChI=1S/C22H38FN9O2/c1-13(6-24)14-7-27-21-18(20(25)29-32(21)10-14)22(33)28-17-9-26-8-16(23)19(17)31-4-2-30(3-5-31)15-11-34-12-15/h13-21,26-27,29H,2-5,7-12,25H2,1H3,(H,28,33). The fraction of sp³-hybridized carbons (Fsp3) is 0.909. The Balaban J connectivity index is 1.21. The van der Waals surface area contributed by atoms with Gasteiger partial charge in [-0.25, -0.2) is 14.8 Å². The van der Waals surface area contributed by atoms with E-state index in [0.29, 0.717) is 32.2 Å². The summed E-state index contributed by atoms with van der Waals surface area (Å²) in [5, 5.41) is 20.9. The quantitative estimate of drug-likeness (QED) is 0.282. The number of hydrogen-bond acceptors (Lipinski definition) is 10. The van der Waals surface area contributed by atoms with E-state index >= 15 is 4.39 Å². The van der Waals surface area contributed by atoms with Crippen LogP contribution in [0.15, 0.2) is 0 Å². The van der Waals surface area contributed by atoms with Crippen molar-refractivity contribution < 1.29 is 13.9 Å². The normalized spacial score (nSPS) is 41.3. The highest BCUT2D eigenvalue weighted by Gasteiger charge is 2.49. The van der Waals surface area contributed by atoms with Crippen molar-refractivity contribution in [1.29, 1.82) is 5.26 Å². The van der Waals surface area contributed by atoms with E-state index in [2.05, 4.69) is 37.2 Å². The van der Waals surface area contributed by atoms with Crippen LogP contribution in [0.5, 0.6) is 0 Å². The van der Waals surface area contributed by atoms with Crippen LogP contribution in [0.25, 0.3) is 0 Å². The minimum absolute atomic E-state index is 0.0906. The van der Waals surface area contributed by atoms with Crippen LogP contribution in [0.2, 0.25) is 0 Å². The van der Waals surface area contributed by atoms with Gasteiger partial charge in [-0.3, -0.25) is 19.9 Å². The molecule has 1 amide bonds. The number of hydrazine groups is 1. The average molecular weight is 480 g/mol. The first kappa shape index (κ1) is 24.3. The lowest BCUT2D eigenvalue weighted by Gasteiger charge is -2.48. The van der Waals surface area contributed by atoms with Crippen LogP contribution in [0, 0.1) is 29.1 Å². The van der Waals surface area contributed by atoms with Gasteiger partial charge >= 0.3 is 0 Å². The molecule has 5 saturated heterocycles. The molecule has 5 aliphatic rings. The lowest BCUT2D eigenvalue weighted by Crippen LogP contribution is -2.69. The van der Waals surface area contributed by atoms with Crippen LogP contribution in [0.1, 0.15) is 6.92 Å². The van der Waals surface area contributed by atoms with Gasteiger partial charge in [0.1, 0.15) is 6.17 Å². The van der Waals surface area contributed by atoms with Crippen molar-refractivity contribution in [3.05, 3.63) is 0 Å². The number of rotatable bonds is 5. The summed E-state index contributed by atoms with van der Waals surface area (Å²) in [6.07, 6.45) is -1.84. The third-order valence-corrected chi connectivity index (χ3v) is 8.33. The zero-order valence-corrected chi connectivity index (χ0v) is 19.8. The summed E-state index contributed by atoms with van der Waals surface area (Å²) in [7, 11) is 0. The molecule has 6 N–H and O–H groups in total. The SMILES string of the molecule is CC(C#N)C1CNC2C(C(=O)NC3CNCC(F)C3N3CCN(C4COC4)CC3)C(N)NN2C1. The van der Waals surface area contributed by atoms with Crippen molar-refractivity contribution in [2.24, 2.45) is 23.5 Å². The van der Waals surface area contributed by atoms with E-state index in [4.69, 9.17) is 10.5 Å². The van der Waals surface area contributed by atoms with E-state index in [1.54, 1.807) is 0 Å². The molecule has 5 aliphatic heterocycles. The Labute approximate surface area is 200 Å². The number of carbonyl (C=O) groups is 1. The fourth-order valence-electron chi connectivity index (χ4n) is 6.09. The van der Waals surface area contributed by atoms with Crippen molar-refractivity contribution in [2.75, 3.05) is 65.6 Å². The van der Waals surface area contributed by atoms with Crippen molar-refractivity contribution in [3.8, 4) is 6.07 Å². The number of carbonyl (C=O) groups excluding carboxylic acids is 1. The molecule has 11 nitrogen and oxygen atoms in total. The molecule has 0 aromatic carbocycles. The second-order valence-corrected chi connectivity index (χ2v) is 10.4. The van der Waals surface area contributed by atoms with E-state index in [-0.39, 0.29) is 36.0 Å². The summed E-state index contributed by atoms with van der Waals surface area (Å²) in [6, 6.07) is 2.12. The van der Waals surface area contributed by atoms with E-state index in [1.807, 2.05) is 11.9 Å². The van der Waals surface area contributed by atoms with Crippen LogP contribution in [0.3, 0.4) is 0 Å². The highest BCUT2D eigenvalue weighted by molar-refractivity contribution is 5.81. The minimum Gasteiger partial charge on any atom is -0.378 e. The maximum Gasteiger partial charge on any atom is 0.229 e. The van der Waals surface area contributed by atoms with Crippen molar-refractivity contribution in [1.82, 2.24) is 36.2 Å². The largest absolute Gasteiger partial charge is 0.378 e. The Morgan fingerprint density at radius 2 is 1.94 bits per heavy atom. The zero-order valence-electron chi connectivity index (χ0n) is 19.8. The second-order valence-electron chi connectivity index (χ2n) is 10.4. The van der Waals surface area contributed by atoms with Gasteiger partial charge in [0.25, 0.3) is 0 Å². The predicted octanol–water partition coefficient (Wildman–Crippen LogP) is -2.78. The molecule has 34 heavy (non-hydrogen) atoms. The summed E-state index contributed by atoms with van der Waals surface area (Å²) in [4.78, 5) is 18.1. The number of nitrogens with two attached hydrogens (primary N) is 1. The summed E-state index contributed by atoms with van der Waals surface area (Å²) < 4.78 is 20.5. The number of fused-ring (bicyclic) bond motifs is 1. The number of halogens is 1. The molecule has 0 spiro atoms. The van der Waals surface area contributed by atoms with Gasteiger partial charge in [-0.05, 0) is 6.92 Å². The number of nitriles is 1. The number of nitrogens with zero attached hydrogens (tertiary/aromatic N) is 4. The lowest BCUT2D eigenvalue weighted by atomic mass is 9.91. The van der Waals surface area contributed by atoms with E-state index in [9.17, 15) is 10.1 Å². The molecule has 190 valence electrons. The van der Waals surface area contributed by atoms with Crippen LogP contribution < -0.4 is 27.1 Å². The molecule has 8 unspecified atom stereocenters. The molecule has 5 heterocycles. The number of piperazine rings is 1. The number of ether oxygens (including phenoxy) is 1. The molecule has 5 fully saturated rings. The maximum atomic E-state index is 15.2. The second kappa shape index (κ2) is 10.3. The third kappa shape index (κ3) is 4.68. The van der Waals surface area contributed by atoms with Gasteiger partial charge in [-0.15, -0.1) is 0 Å². The lowest BCUT2D eigenvalue weighted by molar-refractivity contribution is -0.129. The fourth-order valence-corrected chi connectivity index (χ4v) is 6.09. The highest BCUT2D eigenvalue weighted by atomic mass is 19.1. The van der Waals surface area contributed by atoms with Crippen molar-refractivity contribution in [2.45, 2.75) is 43.6 Å². The number of alkyl halides is 1. The number of piperidine rings is 1. The third-order valence-electron chi connectivity index (χ3n) is 8.33. The molecule has 12 heteroatoms. The molecule has 0 bridgehead atoms. The Kier molecular flexibility index (Phi) is 7.34. The Hall–Kier alpha value is -1.43. The summed E-state index contributed by atoms with van der Waals surface area (Å²) in [6.45, 7) is 9.00. The number of amides is 1. The van der Waals surface area contributed by atoms with Crippen LogP contribution >= 0.6 is 0 Å². The average Bonchev–Trinajstić information content (AvgIpc) is 3.13. The molecule has 0 aliphatic carbocycles. The van der Waals surface area contributed by atoms with Crippen molar-refractivity contribution in [3.63, 3.8) is 0 Å². The first-order chi connectivity index (χ1) is 16.5. The first-order valence-electron chi connectivity index (χ1n) is 12.6. The summed E-state index contributed by atoms with van der Waals surface area (Å²) in [5.41, 5.74) is 9.54. The summed E-state index contributed by atoms with van der Waals surface area (Å²) >= 11 is 0. The van der Waals surface area contributed by atoms with Gasteiger partial charge in [-0.2, -0.15) is 5.26 Å². The minimum atomic E-state index is -1.05. The topological polar surface area (TPSA) is 134 Å². The van der Waals surface area contributed by atoms with Gasteiger partial charge in [0.05, 0.1) is 55.7 Å². The van der Waals surface area contributed by atoms with E-state index in [0.717, 1.165) is 39.4 Å². The molecule has 0 aromatic rings. The predicted molar refractivity (Wildman–Crippen MR) is 123 cm³/mol. The highest BCUT2D eigenvalue weighted by Crippen LogP contribution is 2.27. The van der Waals surface area contributed by atoms with Crippen molar-refractivity contribution >= 4 is 5.91 Å². The summed E-state index contributed by atoms with van der Waals surface area (Å²) in [5.74, 6) is -0.600. The molecule has 0 saturated carbocycles. The molecule has 5 rings (SSSR count). The van der Waals surface area contributed by atoms with Gasteiger partial charge in [-0.1, -0.05) is 0 Å². The molecular weight excluding hydrogens is 441 g/mol. The molecule has 0 radical (unpaired) electrons. The van der Waals surface area contributed by atoms with Crippen LogP contribution in [0.4, 0.5) is 4.39 Å².